The smallest absolute Gasteiger partial charge is 0.191 e. The third-order valence-corrected chi connectivity index (χ3v) is 6.61. The first-order chi connectivity index (χ1) is 14.1. The molecule has 2 atom stereocenters. The lowest BCUT2D eigenvalue weighted by molar-refractivity contribution is 0.134. The first-order valence-corrected chi connectivity index (χ1v) is 11.7. The van der Waals surface area contributed by atoms with Crippen molar-refractivity contribution in [3.8, 4) is 0 Å². The highest BCUT2D eigenvalue weighted by atomic mass is 32.1. The predicted molar refractivity (Wildman–Crippen MR) is 124 cm³/mol. The van der Waals surface area contributed by atoms with Crippen molar-refractivity contribution in [1.82, 2.24) is 20.5 Å². The molecular weight excluding hydrogens is 378 g/mol. The Morgan fingerprint density at radius 3 is 2.79 bits per heavy atom. The van der Waals surface area contributed by atoms with Crippen LogP contribution in [0.1, 0.15) is 48.9 Å². The fourth-order valence-electron chi connectivity index (χ4n) is 3.92. The Kier molecular flexibility index (Phi) is 8.50. The van der Waals surface area contributed by atoms with Crippen LogP contribution < -0.4 is 10.6 Å². The van der Waals surface area contributed by atoms with Crippen molar-refractivity contribution in [1.29, 1.82) is 0 Å². The van der Waals surface area contributed by atoms with E-state index in [1.54, 1.807) is 11.3 Å². The number of benzene rings is 1. The lowest BCUT2D eigenvalue weighted by Gasteiger charge is -2.38. The molecule has 0 aliphatic carbocycles. The molecule has 1 aromatic carbocycles. The number of thiazole rings is 1. The zero-order chi connectivity index (χ0) is 20.5. The molecule has 0 bridgehead atoms. The van der Waals surface area contributed by atoms with Crippen LogP contribution in [0.25, 0.3) is 0 Å². The standard InChI is InChI=1S/C23H35N5S/c1-18-17-29-22(26-18)11-7-8-13-25-23(24-3)27-21-12-14-28(19(2)15-21)16-20-9-5-4-6-10-20/h4-6,9-10,17,19,21H,7-8,11-16H2,1-3H3,(H2,24,25,27). The van der Waals surface area contributed by atoms with Gasteiger partial charge in [0.25, 0.3) is 0 Å². The highest BCUT2D eigenvalue weighted by molar-refractivity contribution is 7.09. The summed E-state index contributed by atoms with van der Waals surface area (Å²) in [6.07, 6.45) is 5.67. The number of hydrogen-bond acceptors (Lipinski definition) is 4. The normalized spacial score (nSPS) is 20.6. The minimum atomic E-state index is 0.488. The van der Waals surface area contributed by atoms with Crippen LogP contribution in [-0.2, 0) is 13.0 Å². The Morgan fingerprint density at radius 2 is 2.10 bits per heavy atom. The van der Waals surface area contributed by atoms with E-state index in [0.717, 1.165) is 63.4 Å². The Labute approximate surface area is 179 Å². The summed E-state index contributed by atoms with van der Waals surface area (Å²) < 4.78 is 0. The SMILES string of the molecule is CN=C(NCCCCc1nc(C)cs1)NC1CCN(Cc2ccccc2)C(C)C1. The van der Waals surface area contributed by atoms with Crippen LogP contribution in [0, 0.1) is 6.92 Å². The molecule has 29 heavy (non-hydrogen) atoms. The van der Waals surface area contributed by atoms with Gasteiger partial charge in [0.15, 0.2) is 5.96 Å². The molecule has 3 rings (SSSR count). The molecule has 1 aromatic heterocycles. The van der Waals surface area contributed by atoms with Crippen molar-refractivity contribution < 1.29 is 0 Å². The van der Waals surface area contributed by atoms with Crippen molar-refractivity contribution in [2.75, 3.05) is 20.1 Å². The number of aliphatic imine (C=N–C) groups is 1. The molecule has 0 spiro atoms. The van der Waals surface area contributed by atoms with Gasteiger partial charge in [-0.1, -0.05) is 30.3 Å². The summed E-state index contributed by atoms with van der Waals surface area (Å²) in [4.78, 5) is 11.5. The number of likely N-dealkylation sites (tertiary alicyclic amines) is 1. The summed E-state index contributed by atoms with van der Waals surface area (Å²) in [5, 5.41) is 10.5. The lowest BCUT2D eigenvalue weighted by atomic mass is 9.97. The maximum atomic E-state index is 4.53. The van der Waals surface area contributed by atoms with E-state index in [4.69, 9.17) is 0 Å². The van der Waals surface area contributed by atoms with Crippen molar-refractivity contribution in [2.45, 2.75) is 64.6 Å². The molecule has 2 unspecified atom stereocenters. The summed E-state index contributed by atoms with van der Waals surface area (Å²) in [5.41, 5.74) is 2.54. The van der Waals surface area contributed by atoms with Crippen molar-refractivity contribution in [2.24, 2.45) is 4.99 Å². The quantitative estimate of drug-likeness (QED) is 0.390. The predicted octanol–water partition coefficient (Wildman–Crippen LogP) is 3.99. The van der Waals surface area contributed by atoms with Crippen LogP contribution in [0.3, 0.4) is 0 Å². The first-order valence-electron chi connectivity index (χ1n) is 10.8. The van der Waals surface area contributed by atoms with Crippen LogP contribution in [0.5, 0.6) is 0 Å². The number of aryl methyl sites for hydroxylation is 2. The third kappa shape index (κ3) is 7.12. The summed E-state index contributed by atoms with van der Waals surface area (Å²) in [6, 6.07) is 11.8. The van der Waals surface area contributed by atoms with Crippen LogP contribution in [-0.4, -0.2) is 48.1 Å². The number of aromatic nitrogens is 1. The maximum absolute atomic E-state index is 4.53. The molecule has 2 N–H and O–H groups in total. The van der Waals surface area contributed by atoms with Crippen LogP contribution in [0.4, 0.5) is 0 Å². The minimum Gasteiger partial charge on any atom is -0.356 e. The fourth-order valence-corrected chi connectivity index (χ4v) is 4.74. The van der Waals surface area contributed by atoms with Crippen molar-refractivity contribution >= 4 is 17.3 Å². The van der Waals surface area contributed by atoms with Gasteiger partial charge in [-0.05, 0) is 51.5 Å². The number of piperidine rings is 1. The van der Waals surface area contributed by atoms with Gasteiger partial charge in [-0.3, -0.25) is 9.89 Å². The number of nitrogens with zero attached hydrogens (tertiary/aromatic N) is 3. The molecule has 1 aliphatic rings. The molecule has 1 fully saturated rings. The van der Waals surface area contributed by atoms with Crippen molar-refractivity contribution in [3.05, 3.63) is 52.0 Å². The highest BCUT2D eigenvalue weighted by Crippen LogP contribution is 2.20. The Balaban J connectivity index is 1.34. The zero-order valence-corrected chi connectivity index (χ0v) is 18.8. The van der Waals surface area contributed by atoms with E-state index >= 15 is 0 Å². The van der Waals surface area contributed by atoms with E-state index in [1.807, 2.05) is 7.05 Å². The maximum Gasteiger partial charge on any atom is 0.191 e. The second-order valence-electron chi connectivity index (χ2n) is 8.01. The summed E-state index contributed by atoms with van der Waals surface area (Å²) >= 11 is 1.77. The van der Waals surface area contributed by atoms with Gasteiger partial charge in [0.2, 0.25) is 0 Å². The van der Waals surface area contributed by atoms with Gasteiger partial charge in [0.05, 0.1) is 5.01 Å². The molecule has 0 amide bonds. The van der Waals surface area contributed by atoms with E-state index in [9.17, 15) is 0 Å². The molecular formula is C23H35N5S. The van der Waals surface area contributed by atoms with Gasteiger partial charge in [-0.2, -0.15) is 0 Å². The molecule has 1 saturated heterocycles. The number of hydrogen-bond donors (Lipinski definition) is 2. The van der Waals surface area contributed by atoms with E-state index in [0.29, 0.717) is 12.1 Å². The van der Waals surface area contributed by atoms with Gasteiger partial charge in [-0.25, -0.2) is 4.98 Å². The molecule has 5 nitrogen and oxygen atoms in total. The summed E-state index contributed by atoms with van der Waals surface area (Å²) in [6.45, 7) is 7.52. The molecule has 6 heteroatoms. The van der Waals surface area contributed by atoms with Gasteiger partial charge in [-0.15, -0.1) is 11.3 Å². The number of unbranched alkanes of at least 4 members (excludes halogenated alkanes) is 1. The van der Waals surface area contributed by atoms with Gasteiger partial charge >= 0.3 is 0 Å². The zero-order valence-electron chi connectivity index (χ0n) is 18.0. The minimum absolute atomic E-state index is 0.488. The van der Waals surface area contributed by atoms with E-state index in [2.05, 4.69) is 75.1 Å². The highest BCUT2D eigenvalue weighted by Gasteiger charge is 2.25. The average Bonchev–Trinajstić information content (AvgIpc) is 3.14. The fraction of sp³-hybridized carbons (Fsp3) is 0.565. The van der Waals surface area contributed by atoms with Gasteiger partial charge in [0.1, 0.15) is 0 Å². The second-order valence-corrected chi connectivity index (χ2v) is 8.95. The Morgan fingerprint density at radius 1 is 1.28 bits per heavy atom. The van der Waals surface area contributed by atoms with Crippen molar-refractivity contribution in [3.63, 3.8) is 0 Å². The van der Waals surface area contributed by atoms with Crippen LogP contribution in [0.2, 0.25) is 0 Å². The molecule has 158 valence electrons. The first kappa shape index (κ1) is 21.8. The molecule has 2 aromatic rings. The largest absolute Gasteiger partial charge is 0.356 e. The Hall–Kier alpha value is -1.92. The lowest BCUT2D eigenvalue weighted by Crippen LogP contribution is -2.51. The van der Waals surface area contributed by atoms with E-state index in [1.165, 1.54) is 10.6 Å². The topological polar surface area (TPSA) is 52.6 Å². The summed E-state index contributed by atoms with van der Waals surface area (Å²) in [5.74, 6) is 0.934. The third-order valence-electron chi connectivity index (χ3n) is 5.58. The van der Waals surface area contributed by atoms with Crippen LogP contribution >= 0.6 is 11.3 Å². The summed E-state index contributed by atoms with van der Waals surface area (Å²) in [7, 11) is 1.86. The second kappa shape index (κ2) is 11.3. The number of guanidine groups is 1. The monoisotopic (exact) mass is 413 g/mol. The van der Waals surface area contributed by atoms with Crippen LogP contribution in [0.15, 0.2) is 40.7 Å². The molecule has 0 saturated carbocycles. The Bertz CT molecular complexity index is 758. The number of rotatable bonds is 8. The molecule has 1 aliphatic heterocycles. The molecule has 2 heterocycles. The van der Waals surface area contributed by atoms with Gasteiger partial charge in [0, 0.05) is 49.8 Å². The van der Waals surface area contributed by atoms with E-state index < -0.39 is 0 Å². The van der Waals surface area contributed by atoms with E-state index in [-0.39, 0.29) is 0 Å². The number of nitrogens with one attached hydrogen (secondary N) is 2. The molecule has 0 radical (unpaired) electrons. The average molecular weight is 414 g/mol. The van der Waals surface area contributed by atoms with Gasteiger partial charge < -0.3 is 10.6 Å².